The molecule has 1 aromatic rings. The van der Waals surface area contributed by atoms with E-state index >= 15 is 0 Å². The number of hydrogen-bond acceptors (Lipinski definition) is 4. The summed E-state index contributed by atoms with van der Waals surface area (Å²) in [5, 5.41) is 0. The quantitative estimate of drug-likeness (QED) is 0.702. The zero-order valence-electron chi connectivity index (χ0n) is 12.5. The SMILES string of the molecule is CCOC(=O)N1CCN(C(=O)COc2ccc(I)cc2)CC1. The van der Waals surface area contributed by atoms with Crippen LogP contribution in [0.4, 0.5) is 4.79 Å². The Bertz CT molecular complexity index is 513. The minimum atomic E-state index is -0.315. The summed E-state index contributed by atoms with van der Waals surface area (Å²) >= 11 is 2.21. The van der Waals surface area contributed by atoms with Crippen molar-refractivity contribution >= 4 is 34.6 Å². The minimum absolute atomic E-state index is 0.0139. The van der Waals surface area contributed by atoms with E-state index < -0.39 is 0 Å². The van der Waals surface area contributed by atoms with E-state index in [1.54, 1.807) is 16.7 Å². The van der Waals surface area contributed by atoms with Crippen LogP contribution >= 0.6 is 22.6 Å². The van der Waals surface area contributed by atoms with Crippen molar-refractivity contribution < 1.29 is 19.1 Å². The third-order valence-corrected chi connectivity index (χ3v) is 4.05. The predicted molar refractivity (Wildman–Crippen MR) is 89.8 cm³/mol. The lowest BCUT2D eigenvalue weighted by Crippen LogP contribution is -2.51. The maximum absolute atomic E-state index is 12.1. The number of carbonyl (C=O) groups is 2. The van der Waals surface area contributed by atoms with E-state index in [-0.39, 0.29) is 18.6 Å². The maximum Gasteiger partial charge on any atom is 0.409 e. The number of amides is 2. The van der Waals surface area contributed by atoms with Gasteiger partial charge in [0, 0.05) is 29.7 Å². The monoisotopic (exact) mass is 418 g/mol. The van der Waals surface area contributed by atoms with Crippen molar-refractivity contribution in [2.75, 3.05) is 39.4 Å². The van der Waals surface area contributed by atoms with E-state index in [9.17, 15) is 9.59 Å². The first-order valence-electron chi connectivity index (χ1n) is 7.18. The van der Waals surface area contributed by atoms with Gasteiger partial charge >= 0.3 is 6.09 Å². The molecule has 0 spiro atoms. The van der Waals surface area contributed by atoms with Gasteiger partial charge in [-0.3, -0.25) is 4.79 Å². The molecule has 0 radical (unpaired) electrons. The van der Waals surface area contributed by atoms with Crippen molar-refractivity contribution in [3.05, 3.63) is 27.8 Å². The Kier molecular flexibility index (Phi) is 6.29. The molecule has 1 aromatic carbocycles. The van der Waals surface area contributed by atoms with Crippen molar-refractivity contribution in [3.8, 4) is 5.75 Å². The van der Waals surface area contributed by atoms with Gasteiger partial charge in [0.15, 0.2) is 6.61 Å². The molecule has 7 heteroatoms. The lowest BCUT2D eigenvalue weighted by atomic mass is 10.3. The lowest BCUT2D eigenvalue weighted by molar-refractivity contribution is -0.134. The Labute approximate surface area is 143 Å². The molecule has 6 nitrogen and oxygen atoms in total. The van der Waals surface area contributed by atoms with Crippen molar-refractivity contribution in [3.63, 3.8) is 0 Å². The van der Waals surface area contributed by atoms with Gasteiger partial charge in [-0.1, -0.05) is 0 Å². The second-order valence-electron chi connectivity index (χ2n) is 4.81. The molecule has 120 valence electrons. The summed E-state index contributed by atoms with van der Waals surface area (Å²) in [6, 6.07) is 7.54. The summed E-state index contributed by atoms with van der Waals surface area (Å²) in [5.74, 6) is 0.612. The third kappa shape index (κ3) is 4.75. The van der Waals surface area contributed by atoms with Crippen LogP contribution in [0.5, 0.6) is 5.75 Å². The molecule has 2 rings (SSSR count). The first kappa shape index (κ1) is 16.9. The molecule has 1 heterocycles. The van der Waals surface area contributed by atoms with Crippen LogP contribution in [0, 0.1) is 3.57 Å². The molecule has 0 unspecified atom stereocenters. The van der Waals surface area contributed by atoms with Gasteiger partial charge in [0.25, 0.3) is 5.91 Å². The third-order valence-electron chi connectivity index (χ3n) is 3.33. The highest BCUT2D eigenvalue weighted by Crippen LogP contribution is 2.13. The second-order valence-corrected chi connectivity index (χ2v) is 6.05. The van der Waals surface area contributed by atoms with Gasteiger partial charge in [-0.05, 0) is 53.8 Å². The van der Waals surface area contributed by atoms with Crippen molar-refractivity contribution in [2.45, 2.75) is 6.92 Å². The second kappa shape index (κ2) is 8.21. The van der Waals surface area contributed by atoms with Crippen LogP contribution in [-0.2, 0) is 9.53 Å². The van der Waals surface area contributed by atoms with E-state index in [0.717, 1.165) is 3.57 Å². The Morgan fingerprint density at radius 2 is 1.68 bits per heavy atom. The van der Waals surface area contributed by atoms with E-state index in [1.807, 2.05) is 24.3 Å². The highest BCUT2D eigenvalue weighted by atomic mass is 127. The largest absolute Gasteiger partial charge is 0.484 e. The molecule has 1 aliphatic heterocycles. The highest BCUT2D eigenvalue weighted by Gasteiger charge is 2.24. The first-order chi connectivity index (χ1) is 10.6. The molecule has 0 saturated carbocycles. The van der Waals surface area contributed by atoms with Crippen LogP contribution in [0.25, 0.3) is 0 Å². The fourth-order valence-corrected chi connectivity index (χ4v) is 2.48. The standard InChI is InChI=1S/C15H19IN2O4/c1-2-21-15(20)18-9-7-17(8-10-18)14(19)11-22-13-5-3-12(16)4-6-13/h3-6H,2,7-11H2,1H3. The molecule has 1 saturated heterocycles. The van der Waals surface area contributed by atoms with Crippen molar-refractivity contribution in [2.24, 2.45) is 0 Å². The molecular weight excluding hydrogens is 399 g/mol. The van der Waals surface area contributed by atoms with Crippen molar-refractivity contribution in [1.29, 1.82) is 0 Å². The lowest BCUT2D eigenvalue weighted by Gasteiger charge is -2.33. The number of nitrogens with zero attached hydrogens (tertiary/aromatic N) is 2. The fourth-order valence-electron chi connectivity index (χ4n) is 2.12. The summed E-state index contributed by atoms with van der Waals surface area (Å²) < 4.78 is 11.6. The summed E-state index contributed by atoms with van der Waals surface area (Å²) in [6.07, 6.45) is -0.315. The fraction of sp³-hybridized carbons (Fsp3) is 0.467. The van der Waals surface area contributed by atoms with Gasteiger partial charge in [-0.2, -0.15) is 0 Å². The molecule has 0 bridgehead atoms. The number of piperazine rings is 1. The Balaban J connectivity index is 1.75. The molecule has 1 fully saturated rings. The molecule has 0 N–H and O–H groups in total. The molecule has 1 aliphatic rings. The minimum Gasteiger partial charge on any atom is -0.484 e. The zero-order chi connectivity index (χ0) is 15.9. The van der Waals surface area contributed by atoms with E-state index in [1.165, 1.54) is 0 Å². The summed E-state index contributed by atoms with van der Waals surface area (Å²) in [6.45, 7) is 4.16. The van der Waals surface area contributed by atoms with Crippen molar-refractivity contribution in [1.82, 2.24) is 9.80 Å². The highest BCUT2D eigenvalue weighted by molar-refractivity contribution is 14.1. The van der Waals surface area contributed by atoms with Crippen LogP contribution in [0.2, 0.25) is 0 Å². The van der Waals surface area contributed by atoms with Crippen LogP contribution in [0.1, 0.15) is 6.92 Å². The topological polar surface area (TPSA) is 59.1 Å². The molecular formula is C15H19IN2O4. The predicted octanol–water partition coefficient (Wildman–Crippen LogP) is 1.97. The number of carbonyl (C=O) groups excluding carboxylic acids is 2. The van der Waals surface area contributed by atoms with Gasteiger partial charge in [0.05, 0.1) is 6.61 Å². The smallest absolute Gasteiger partial charge is 0.409 e. The van der Waals surface area contributed by atoms with Gasteiger partial charge in [-0.25, -0.2) is 4.79 Å². The zero-order valence-corrected chi connectivity index (χ0v) is 14.6. The van der Waals surface area contributed by atoms with Gasteiger partial charge in [0.1, 0.15) is 5.75 Å². The first-order valence-corrected chi connectivity index (χ1v) is 8.26. The molecule has 0 aliphatic carbocycles. The number of ether oxygens (including phenoxy) is 2. The average Bonchev–Trinajstić information content (AvgIpc) is 2.54. The van der Waals surface area contributed by atoms with Crippen LogP contribution in [-0.4, -0.2) is 61.2 Å². The van der Waals surface area contributed by atoms with Gasteiger partial charge in [0.2, 0.25) is 0 Å². The van der Waals surface area contributed by atoms with Gasteiger partial charge in [-0.15, -0.1) is 0 Å². The molecule has 0 atom stereocenters. The Hall–Kier alpha value is -1.51. The number of rotatable bonds is 4. The summed E-state index contributed by atoms with van der Waals surface area (Å²) in [5.41, 5.74) is 0. The number of benzene rings is 1. The summed E-state index contributed by atoms with van der Waals surface area (Å²) in [7, 11) is 0. The average molecular weight is 418 g/mol. The molecule has 22 heavy (non-hydrogen) atoms. The van der Waals surface area contributed by atoms with Crippen LogP contribution < -0.4 is 4.74 Å². The van der Waals surface area contributed by atoms with E-state index in [4.69, 9.17) is 9.47 Å². The Morgan fingerprint density at radius 1 is 1.09 bits per heavy atom. The van der Waals surface area contributed by atoms with Crippen LogP contribution in [0.3, 0.4) is 0 Å². The van der Waals surface area contributed by atoms with E-state index in [2.05, 4.69) is 22.6 Å². The van der Waals surface area contributed by atoms with Crippen LogP contribution in [0.15, 0.2) is 24.3 Å². The normalized spacial score (nSPS) is 14.6. The number of halogens is 1. The maximum atomic E-state index is 12.1. The molecule has 2 amide bonds. The number of hydrogen-bond donors (Lipinski definition) is 0. The van der Waals surface area contributed by atoms with Gasteiger partial charge < -0.3 is 19.3 Å². The van der Waals surface area contributed by atoms with E-state index in [0.29, 0.717) is 38.5 Å². The summed E-state index contributed by atoms with van der Waals surface area (Å²) in [4.78, 5) is 27.0. The Morgan fingerprint density at radius 3 is 2.27 bits per heavy atom. The molecule has 0 aromatic heterocycles.